The van der Waals surface area contributed by atoms with Gasteiger partial charge in [0, 0.05) is 28.8 Å². The lowest BCUT2D eigenvalue weighted by molar-refractivity contribution is -0.118. The van der Waals surface area contributed by atoms with E-state index >= 15 is 0 Å². The fourth-order valence-electron chi connectivity index (χ4n) is 3.03. The second-order valence-corrected chi connectivity index (χ2v) is 7.49. The summed E-state index contributed by atoms with van der Waals surface area (Å²) in [7, 11) is 0. The number of nitrogens with zero attached hydrogens (tertiary/aromatic N) is 1. The highest BCUT2D eigenvalue weighted by Gasteiger charge is 2.17. The average Bonchev–Trinajstić information content (AvgIpc) is 2.97. The normalized spacial score (nSPS) is 14.3. The van der Waals surface area contributed by atoms with Crippen molar-refractivity contribution in [2.45, 2.75) is 25.7 Å². The number of amides is 2. The van der Waals surface area contributed by atoms with Crippen LogP contribution in [0.2, 0.25) is 0 Å². The zero-order valence-electron chi connectivity index (χ0n) is 15.1. The van der Waals surface area contributed by atoms with E-state index in [9.17, 15) is 9.59 Å². The molecule has 2 aromatic rings. The highest BCUT2D eigenvalue weighted by molar-refractivity contribution is 9.10. The van der Waals surface area contributed by atoms with Crippen LogP contribution < -0.4 is 10.1 Å². The van der Waals surface area contributed by atoms with Crippen molar-refractivity contribution >= 4 is 33.4 Å². The van der Waals surface area contributed by atoms with E-state index in [2.05, 4.69) is 21.2 Å². The Morgan fingerprint density at radius 3 is 2.19 bits per heavy atom. The molecule has 0 bridgehead atoms. The Balaban J connectivity index is 1.51. The number of rotatable bonds is 5. The van der Waals surface area contributed by atoms with Crippen LogP contribution in [0.25, 0.3) is 0 Å². The summed E-state index contributed by atoms with van der Waals surface area (Å²) in [5, 5.41) is 2.78. The maximum absolute atomic E-state index is 12.6. The molecule has 0 spiro atoms. The van der Waals surface area contributed by atoms with Crippen LogP contribution in [0, 0.1) is 0 Å². The van der Waals surface area contributed by atoms with Gasteiger partial charge in [0.15, 0.2) is 6.61 Å². The second-order valence-electron chi connectivity index (χ2n) is 6.57. The first-order valence-electron chi connectivity index (χ1n) is 9.19. The monoisotopic (exact) mass is 430 g/mol. The topological polar surface area (TPSA) is 58.6 Å². The number of likely N-dealkylation sites (tertiary alicyclic amines) is 1. The van der Waals surface area contributed by atoms with Crippen molar-refractivity contribution in [1.29, 1.82) is 0 Å². The number of hydrogen-bond acceptors (Lipinski definition) is 3. The third-order valence-electron chi connectivity index (χ3n) is 4.49. The van der Waals surface area contributed by atoms with Crippen molar-refractivity contribution in [1.82, 2.24) is 4.90 Å². The van der Waals surface area contributed by atoms with Gasteiger partial charge in [0.1, 0.15) is 5.75 Å². The molecule has 1 saturated heterocycles. The third kappa shape index (κ3) is 5.82. The molecule has 1 aliphatic heterocycles. The van der Waals surface area contributed by atoms with Gasteiger partial charge in [-0.1, -0.05) is 28.8 Å². The maximum atomic E-state index is 12.6. The molecule has 0 radical (unpaired) electrons. The van der Waals surface area contributed by atoms with E-state index in [4.69, 9.17) is 4.74 Å². The molecule has 0 aliphatic carbocycles. The highest BCUT2D eigenvalue weighted by atomic mass is 79.9. The number of nitrogens with one attached hydrogen (secondary N) is 1. The molecule has 0 saturated carbocycles. The Kier molecular flexibility index (Phi) is 6.87. The number of carbonyl (C=O) groups is 2. The first-order chi connectivity index (χ1) is 13.1. The van der Waals surface area contributed by atoms with E-state index < -0.39 is 0 Å². The van der Waals surface area contributed by atoms with Crippen LogP contribution in [0.4, 0.5) is 5.69 Å². The van der Waals surface area contributed by atoms with Crippen LogP contribution in [-0.4, -0.2) is 36.4 Å². The molecule has 3 rings (SSSR count). The quantitative estimate of drug-likeness (QED) is 0.760. The van der Waals surface area contributed by atoms with Crippen molar-refractivity contribution in [3.05, 3.63) is 58.6 Å². The van der Waals surface area contributed by atoms with Crippen molar-refractivity contribution < 1.29 is 14.3 Å². The zero-order valence-corrected chi connectivity index (χ0v) is 16.7. The molecule has 1 fully saturated rings. The summed E-state index contributed by atoms with van der Waals surface area (Å²) in [6.45, 7) is 1.57. The molecule has 0 atom stereocenters. The largest absolute Gasteiger partial charge is 0.484 e. The lowest BCUT2D eigenvalue weighted by Gasteiger charge is -2.20. The Hall–Kier alpha value is -2.34. The van der Waals surface area contributed by atoms with E-state index in [0.717, 1.165) is 30.4 Å². The minimum Gasteiger partial charge on any atom is -0.484 e. The van der Waals surface area contributed by atoms with Gasteiger partial charge in [-0.3, -0.25) is 9.59 Å². The van der Waals surface area contributed by atoms with Crippen molar-refractivity contribution in [2.75, 3.05) is 25.0 Å². The number of anilines is 1. The standard InChI is InChI=1S/C21H23BrN2O3/c22-17-7-11-19(12-8-17)27-15-20(25)23-18-9-5-16(6-10-18)21(26)24-13-3-1-2-4-14-24/h5-12H,1-4,13-15H2,(H,23,25). The molecule has 0 aromatic heterocycles. The van der Waals surface area contributed by atoms with Crippen LogP contribution in [-0.2, 0) is 4.79 Å². The van der Waals surface area contributed by atoms with Gasteiger partial charge in [-0.25, -0.2) is 0 Å². The molecular weight excluding hydrogens is 408 g/mol. The minimum absolute atomic E-state index is 0.0633. The average molecular weight is 431 g/mol. The predicted octanol–water partition coefficient (Wildman–Crippen LogP) is 4.48. The Labute approximate surface area is 167 Å². The molecule has 6 heteroatoms. The number of halogens is 1. The molecule has 1 heterocycles. The summed E-state index contributed by atoms with van der Waals surface area (Å²) in [5.74, 6) is 0.449. The summed E-state index contributed by atoms with van der Waals surface area (Å²) in [6, 6.07) is 14.3. The molecular formula is C21H23BrN2O3. The fraction of sp³-hybridized carbons (Fsp3) is 0.333. The van der Waals surface area contributed by atoms with Crippen LogP contribution >= 0.6 is 15.9 Å². The van der Waals surface area contributed by atoms with Crippen LogP contribution in [0.1, 0.15) is 36.0 Å². The number of hydrogen-bond donors (Lipinski definition) is 1. The number of benzene rings is 2. The summed E-state index contributed by atoms with van der Waals surface area (Å²) in [4.78, 5) is 26.5. The smallest absolute Gasteiger partial charge is 0.262 e. The van der Waals surface area contributed by atoms with Gasteiger partial charge < -0.3 is 15.0 Å². The summed E-state index contributed by atoms with van der Waals surface area (Å²) >= 11 is 3.35. The highest BCUT2D eigenvalue weighted by Crippen LogP contribution is 2.17. The van der Waals surface area contributed by atoms with Gasteiger partial charge in [0.2, 0.25) is 0 Å². The van der Waals surface area contributed by atoms with E-state index in [1.165, 1.54) is 12.8 Å². The van der Waals surface area contributed by atoms with Crippen LogP contribution in [0.3, 0.4) is 0 Å². The van der Waals surface area contributed by atoms with Crippen LogP contribution in [0.15, 0.2) is 53.0 Å². The third-order valence-corrected chi connectivity index (χ3v) is 5.02. The summed E-state index contributed by atoms with van der Waals surface area (Å²) in [5.41, 5.74) is 1.30. The number of carbonyl (C=O) groups excluding carboxylic acids is 2. The maximum Gasteiger partial charge on any atom is 0.262 e. The van der Waals surface area contributed by atoms with Gasteiger partial charge in [-0.15, -0.1) is 0 Å². The molecule has 2 aromatic carbocycles. The minimum atomic E-state index is -0.246. The van der Waals surface area contributed by atoms with Gasteiger partial charge >= 0.3 is 0 Å². The van der Waals surface area contributed by atoms with Crippen molar-refractivity contribution in [3.63, 3.8) is 0 Å². The lowest BCUT2D eigenvalue weighted by Crippen LogP contribution is -2.31. The van der Waals surface area contributed by atoms with Crippen molar-refractivity contribution in [2.24, 2.45) is 0 Å². The zero-order chi connectivity index (χ0) is 19.1. The van der Waals surface area contributed by atoms with Gasteiger partial charge in [-0.05, 0) is 61.4 Å². The molecule has 2 amide bonds. The molecule has 1 N–H and O–H groups in total. The fourth-order valence-corrected chi connectivity index (χ4v) is 3.29. The van der Waals surface area contributed by atoms with Gasteiger partial charge in [-0.2, -0.15) is 0 Å². The summed E-state index contributed by atoms with van der Waals surface area (Å²) in [6.07, 6.45) is 4.52. The molecule has 5 nitrogen and oxygen atoms in total. The van der Waals surface area contributed by atoms with E-state index in [-0.39, 0.29) is 18.4 Å². The lowest BCUT2D eigenvalue weighted by atomic mass is 10.1. The first kappa shape index (κ1) is 19.4. The van der Waals surface area contributed by atoms with Gasteiger partial charge in [0.25, 0.3) is 11.8 Å². The molecule has 0 unspecified atom stereocenters. The second kappa shape index (κ2) is 9.55. The Morgan fingerprint density at radius 1 is 0.926 bits per heavy atom. The van der Waals surface area contributed by atoms with E-state index in [0.29, 0.717) is 17.0 Å². The molecule has 142 valence electrons. The van der Waals surface area contributed by atoms with Crippen molar-refractivity contribution in [3.8, 4) is 5.75 Å². The van der Waals surface area contributed by atoms with E-state index in [1.54, 1.807) is 36.4 Å². The van der Waals surface area contributed by atoms with Crippen LogP contribution in [0.5, 0.6) is 5.75 Å². The van der Waals surface area contributed by atoms with E-state index in [1.807, 2.05) is 17.0 Å². The Bertz CT molecular complexity index is 767. The Morgan fingerprint density at radius 2 is 1.56 bits per heavy atom. The SMILES string of the molecule is O=C(COc1ccc(Br)cc1)Nc1ccc(C(=O)N2CCCCCC2)cc1. The first-order valence-corrected chi connectivity index (χ1v) is 9.99. The van der Waals surface area contributed by atoms with Gasteiger partial charge in [0.05, 0.1) is 0 Å². The summed E-state index contributed by atoms with van der Waals surface area (Å²) < 4.78 is 6.41. The molecule has 1 aliphatic rings. The number of ether oxygens (including phenoxy) is 1. The molecule has 27 heavy (non-hydrogen) atoms. The predicted molar refractivity (Wildman–Crippen MR) is 109 cm³/mol.